The van der Waals surface area contributed by atoms with Gasteiger partial charge >= 0.3 is 39.5 Å². The fraction of sp³-hybridized carbons (Fsp3) is 0.735. The van der Waals surface area contributed by atoms with Gasteiger partial charge in [0.25, 0.3) is 0 Å². The van der Waals surface area contributed by atoms with Crippen molar-refractivity contribution in [3.05, 3.63) is 109 Å². The highest BCUT2D eigenvalue weighted by Crippen LogP contribution is 2.45. The number of esters is 4. The maximum Gasteiger partial charge on any atom is 0.472 e. The van der Waals surface area contributed by atoms with Gasteiger partial charge in [0.15, 0.2) is 12.2 Å². The minimum Gasteiger partial charge on any atom is -0.462 e. The lowest BCUT2D eigenvalue weighted by Crippen LogP contribution is -2.30. The van der Waals surface area contributed by atoms with Crippen molar-refractivity contribution in [3.63, 3.8) is 0 Å². The minimum atomic E-state index is -4.99. The Morgan fingerprint density at radius 3 is 0.873 bits per heavy atom. The fourth-order valence-electron chi connectivity index (χ4n) is 10.5. The Balaban J connectivity index is 5.44. The first-order valence-electron chi connectivity index (χ1n) is 40.2. The van der Waals surface area contributed by atoms with Crippen molar-refractivity contribution >= 4 is 39.5 Å². The normalized spacial score (nSPS) is 14.5. The molecule has 0 saturated carbocycles. The Bertz CT molecular complexity index is 2360. The number of aliphatic hydroxyl groups is 1. The van der Waals surface area contributed by atoms with Gasteiger partial charge < -0.3 is 33.8 Å². The highest BCUT2D eigenvalue weighted by molar-refractivity contribution is 7.47. The van der Waals surface area contributed by atoms with Crippen LogP contribution in [0.4, 0.5) is 0 Å². The summed E-state index contributed by atoms with van der Waals surface area (Å²) in [5.41, 5.74) is 0. The van der Waals surface area contributed by atoms with Gasteiger partial charge in [-0.2, -0.15) is 0 Å². The number of hydrogen-bond donors (Lipinski definition) is 3. The van der Waals surface area contributed by atoms with Crippen LogP contribution in [0.15, 0.2) is 109 Å². The van der Waals surface area contributed by atoms with Crippen molar-refractivity contribution in [2.75, 3.05) is 39.6 Å². The summed E-state index contributed by atoms with van der Waals surface area (Å²) in [6.45, 7) is 4.72. The topological polar surface area (TPSA) is 237 Å². The zero-order chi connectivity index (χ0) is 74.6. The van der Waals surface area contributed by atoms with Gasteiger partial charge in [0.2, 0.25) is 0 Å². The van der Waals surface area contributed by atoms with E-state index in [1.165, 1.54) is 109 Å². The second-order valence-electron chi connectivity index (χ2n) is 26.7. The largest absolute Gasteiger partial charge is 0.472 e. The van der Waals surface area contributed by atoms with Crippen LogP contribution in [0.25, 0.3) is 0 Å². The second kappa shape index (κ2) is 75.0. The average Bonchev–Trinajstić information content (AvgIpc) is 0.923. The van der Waals surface area contributed by atoms with E-state index in [1.54, 1.807) is 0 Å². The Morgan fingerprint density at radius 1 is 0.284 bits per heavy atom. The van der Waals surface area contributed by atoms with Crippen LogP contribution in [-0.2, 0) is 65.4 Å². The molecule has 0 spiro atoms. The number of allylic oxidation sites excluding steroid dienone is 18. The maximum absolute atomic E-state index is 13.1. The standard InChI is InChI=1S/C83H144O17P2/c1-5-9-13-17-21-25-29-33-37-38-42-44-48-52-56-60-64-68-81(86)94-74-79(100-83(88)70-66-62-58-54-50-46-41-36-32-28-24-20-16-12-8-4)76-98-102(91,92)96-72-77(84)71-95-101(89,90)97-75-78(99-82(87)69-65-61-57-53-49-45-40-35-31-27-23-19-15-11-7-3)73-93-80(85)67-63-59-55-51-47-43-39-34-30-26-22-18-14-10-6-2/h21,25,27-28,31-37,39-42,44,52,56,77-79,84H,5-20,22-24,26,29-30,38,43,45-51,53-55,57-76H2,1-4H3,(H,89,90)(H,91,92)/b25-21-,31-27-,32-28-,37-33-,39-34-,40-35-,41-36-,44-42-,56-52-/t77-,78-,79-/m1/s1. The summed E-state index contributed by atoms with van der Waals surface area (Å²) in [7, 11) is -9.98. The minimum absolute atomic E-state index is 0.0643. The van der Waals surface area contributed by atoms with Gasteiger partial charge in [-0.05, 0) is 141 Å². The summed E-state index contributed by atoms with van der Waals surface area (Å²) >= 11 is 0. The molecule has 0 aromatic rings. The van der Waals surface area contributed by atoms with E-state index in [0.29, 0.717) is 32.1 Å². The Morgan fingerprint density at radius 2 is 0.520 bits per heavy atom. The van der Waals surface area contributed by atoms with Crippen LogP contribution in [0.1, 0.15) is 336 Å². The maximum atomic E-state index is 13.1. The molecule has 0 fully saturated rings. The number of carbonyl (C=O) groups is 4. The third kappa shape index (κ3) is 74.0. The van der Waals surface area contributed by atoms with E-state index in [2.05, 4.69) is 125 Å². The predicted octanol–water partition coefficient (Wildman–Crippen LogP) is 23.3. The molecule has 0 bridgehead atoms. The van der Waals surface area contributed by atoms with Crippen molar-refractivity contribution in [1.82, 2.24) is 0 Å². The van der Waals surface area contributed by atoms with Crippen molar-refractivity contribution in [2.45, 2.75) is 354 Å². The molecule has 0 heterocycles. The van der Waals surface area contributed by atoms with Crippen LogP contribution in [0.2, 0.25) is 0 Å². The van der Waals surface area contributed by atoms with Crippen LogP contribution >= 0.6 is 15.6 Å². The number of ether oxygens (including phenoxy) is 4. The van der Waals surface area contributed by atoms with Gasteiger partial charge in [-0.25, -0.2) is 9.13 Å². The second-order valence-corrected chi connectivity index (χ2v) is 29.6. The van der Waals surface area contributed by atoms with Gasteiger partial charge in [-0.1, -0.05) is 278 Å². The van der Waals surface area contributed by atoms with E-state index >= 15 is 0 Å². The SMILES string of the molecule is CCCCC/C=C\C/C=C\C/C=C\C/C=C\CCCC(=O)OC[C@H](COP(=O)(O)OC[C@H](O)COP(=O)(O)OC[C@@H](COC(=O)CCCCCCC/C=C\CCCCCCCC)OC(=O)CCCCCCC/C=C\C=C/CCCCCC)OC(=O)CCCCCCC/C=C\C=C/CCCCCC. The van der Waals surface area contributed by atoms with Crippen LogP contribution in [0.3, 0.4) is 0 Å². The first kappa shape index (κ1) is 97.7. The third-order valence-corrected chi connectivity index (χ3v) is 18.6. The smallest absolute Gasteiger partial charge is 0.462 e. The molecule has 5 atom stereocenters. The molecule has 0 amide bonds. The van der Waals surface area contributed by atoms with Crippen LogP contribution < -0.4 is 0 Å². The lowest BCUT2D eigenvalue weighted by molar-refractivity contribution is -0.161. The van der Waals surface area contributed by atoms with Gasteiger partial charge in [0, 0.05) is 25.7 Å². The monoisotopic (exact) mass is 1470 g/mol. The lowest BCUT2D eigenvalue weighted by Gasteiger charge is -2.21. The first-order valence-corrected chi connectivity index (χ1v) is 43.2. The lowest BCUT2D eigenvalue weighted by atomic mass is 10.1. The van der Waals surface area contributed by atoms with E-state index in [-0.39, 0.29) is 25.7 Å². The molecule has 0 aromatic carbocycles. The molecule has 3 N–H and O–H groups in total. The molecule has 17 nitrogen and oxygen atoms in total. The van der Waals surface area contributed by atoms with Gasteiger partial charge in [0.05, 0.1) is 26.4 Å². The van der Waals surface area contributed by atoms with Crippen molar-refractivity contribution in [1.29, 1.82) is 0 Å². The zero-order valence-electron chi connectivity index (χ0n) is 64.3. The number of hydrogen-bond acceptors (Lipinski definition) is 15. The Hall–Kier alpha value is -4.28. The number of rotatable bonds is 75. The highest BCUT2D eigenvalue weighted by Gasteiger charge is 2.30. The molecule has 0 aliphatic rings. The molecule has 0 radical (unpaired) electrons. The summed E-state index contributed by atoms with van der Waals surface area (Å²) in [6.07, 6.45) is 80.7. The molecular formula is C83H144O17P2. The van der Waals surface area contributed by atoms with Crippen molar-refractivity contribution in [3.8, 4) is 0 Å². The van der Waals surface area contributed by atoms with Gasteiger partial charge in [-0.15, -0.1) is 0 Å². The van der Waals surface area contributed by atoms with E-state index in [9.17, 15) is 43.2 Å². The predicted molar refractivity (Wildman–Crippen MR) is 418 cm³/mol. The number of phosphoric acid groups is 2. The number of carbonyl (C=O) groups excluding carboxylic acids is 4. The van der Waals surface area contributed by atoms with Gasteiger partial charge in [-0.3, -0.25) is 37.3 Å². The van der Waals surface area contributed by atoms with Crippen LogP contribution in [-0.4, -0.2) is 96.7 Å². The van der Waals surface area contributed by atoms with E-state index < -0.39 is 97.5 Å². The highest BCUT2D eigenvalue weighted by atomic mass is 31.2. The fourth-order valence-corrected chi connectivity index (χ4v) is 12.1. The van der Waals surface area contributed by atoms with Crippen LogP contribution in [0.5, 0.6) is 0 Å². The third-order valence-electron chi connectivity index (χ3n) is 16.7. The zero-order valence-corrected chi connectivity index (χ0v) is 66.0. The molecule has 0 aliphatic carbocycles. The molecule has 0 rings (SSSR count). The Kier molecular flexibility index (Phi) is 71.8. The van der Waals surface area contributed by atoms with E-state index in [0.717, 1.165) is 141 Å². The summed E-state index contributed by atoms with van der Waals surface area (Å²) in [6, 6.07) is 0. The average molecular weight is 1480 g/mol. The van der Waals surface area contributed by atoms with E-state index in [4.69, 9.17) is 37.0 Å². The van der Waals surface area contributed by atoms with Crippen molar-refractivity contribution < 1.29 is 80.2 Å². The molecule has 0 saturated heterocycles. The summed E-state index contributed by atoms with van der Waals surface area (Å²) < 4.78 is 68.5. The molecule has 0 aromatic heterocycles. The summed E-state index contributed by atoms with van der Waals surface area (Å²) in [5, 5.41) is 10.6. The van der Waals surface area contributed by atoms with E-state index in [1.807, 2.05) is 12.2 Å². The molecule has 2 unspecified atom stereocenters. The molecule has 19 heteroatoms. The molecule has 0 aliphatic heterocycles. The molecular weight excluding hydrogens is 1330 g/mol. The number of phosphoric ester groups is 2. The van der Waals surface area contributed by atoms with Crippen molar-refractivity contribution in [2.24, 2.45) is 0 Å². The number of aliphatic hydroxyl groups excluding tert-OH is 1. The Labute approximate surface area is 619 Å². The number of unbranched alkanes of at least 4 members (excludes halogenated alkanes) is 33. The summed E-state index contributed by atoms with van der Waals surface area (Å²) in [4.78, 5) is 73.0. The molecule has 588 valence electrons. The first-order chi connectivity index (χ1) is 49.7. The summed E-state index contributed by atoms with van der Waals surface area (Å²) in [5.74, 6) is -2.27. The quantitative estimate of drug-likeness (QED) is 0.0128. The molecule has 102 heavy (non-hydrogen) atoms. The van der Waals surface area contributed by atoms with Crippen LogP contribution in [0, 0.1) is 0 Å². The van der Waals surface area contributed by atoms with Gasteiger partial charge in [0.1, 0.15) is 19.3 Å².